The van der Waals surface area contributed by atoms with Gasteiger partial charge < -0.3 is 13.8 Å². The molecule has 0 saturated heterocycles. The van der Waals surface area contributed by atoms with Crippen LogP contribution in [0.25, 0.3) is 22.4 Å². The first kappa shape index (κ1) is 22.1. The molecule has 0 fully saturated rings. The van der Waals surface area contributed by atoms with Gasteiger partial charge in [0.05, 0.1) is 17.7 Å². The third kappa shape index (κ3) is 4.13. The van der Waals surface area contributed by atoms with Gasteiger partial charge >= 0.3 is 0 Å². The van der Waals surface area contributed by atoms with Crippen molar-refractivity contribution in [1.82, 2.24) is 24.7 Å². The molecule has 170 valence electrons. The number of nitrogens with zero attached hydrogens (tertiary/aromatic N) is 5. The van der Waals surface area contributed by atoms with Crippen LogP contribution in [0.1, 0.15) is 28.7 Å². The fourth-order valence-electron chi connectivity index (χ4n) is 3.65. The maximum absolute atomic E-state index is 13.5. The van der Waals surface area contributed by atoms with E-state index in [0.29, 0.717) is 35.0 Å². The van der Waals surface area contributed by atoms with Gasteiger partial charge in [-0.15, -0.1) is 0 Å². The Bertz CT molecular complexity index is 1480. The molecule has 10 heteroatoms. The summed E-state index contributed by atoms with van der Waals surface area (Å²) in [5.74, 6) is 0.118. The van der Waals surface area contributed by atoms with Gasteiger partial charge in [-0.05, 0) is 48.9 Å². The molecule has 8 nitrogen and oxygen atoms in total. The van der Waals surface area contributed by atoms with Gasteiger partial charge in [-0.1, -0.05) is 40.5 Å². The van der Waals surface area contributed by atoms with Gasteiger partial charge in [0, 0.05) is 23.2 Å². The Balaban J connectivity index is 1.61. The molecule has 0 atom stereocenters. The number of fused-ring (bicyclic) bond motifs is 1. The summed E-state index contributed by atoms with van der Waals surface area (Å²) in [7, 11) is 0. The molecule has 0 amide bonds. The molecule has 0 unspecified atom stereocenters. The summed E-state index contributed by atoms with van der Waals surface area (Å²) >= 11 is 12.8. The molecule has 0 saturated carbocycles. The molecule has 2 aromatic carbocycles. The molecule has 0 aliphatic heterocycles. The molecule has 0 spiro atoms. The normalized spacial score (nSPS) is 11.1. The van der Waals surface area contributed by atoms with Crippen molar-refractivity contribution in [3.05, 3.63) is 88.2 Å². The van der Waals surface area contributed by atoms with Crippen molar-refractivity contribution in [2.45, 2.75) is 13.5 Å². The molecule has 5 aromatic rings. The maximum Gasteiger partial charge on any atom is 0.299 e. The number of carbonyl (C=O) groups is 1. The number of carbonyl (C=O) groups excluding carboxylic acids is 1. The van der Waals surface area contributed by atoms with Crippen LogP contribution in [0, 0.1) is 0 Å². The number of ether oxygens (including phenoxy) is 1. The highest BCUT2D eigenvalue weighted by molar-refractivity contribution is 6.36. The standard InChI is InChI=1S/C24H17Cl2N5O3/c1-2-33-16-7-8-19-17(11-16)20(22(26)31(19)12-14-3-5-15(25)6-4-14)21(32)24-29-23(30-34-24)18-9-10-27-13-28-18/h3-11,13H,2,12H2,1H3. The largest absolute Gasteiger partial charge is 0.494 e. The van der Waals surface area contributed by atoms with E-state index in [2.05, 4.69) is 20.1 Å². The Labute approximate surface area is 204 Å². The smallest absolute Gasteiger partial charge is 0.299 e. The summed E-state index contributed by atoms with van der Waals surface area (Å²) < 4.78 is 12.8. The molecule has 5 rings (SSSR count). The second-order valence-electron chi connectivity index (χ2n) is 7.34. The van der Waals surface area contributed by atoms with E-state index in [-0.39, 0.29) is 22.4 Å². The first-order chi connectivity index (χ1) is 16.5. The summed E-state index contributed by atoms with van der Waals surface area (Å²) in [6, 6.07) is 14.6. The molecule has 0 radical (unpaired) electrons. The van der Waals surface area contributed by atoms with E-state index in [9.17, 15) is 4.79 Å². The van der Waals surface area contributed by atoms with Crippen LogP contribution in [0.3, 0.4) is 0 Å². The van der Waals surface area contributed by atoms with Gasteiger partial charge in [-0.25, -0.2) is 9.97 Å². The average Bonchev–Trinajstić information content (AvgIpc) is 3.45. The molecular weight excluding hydrogens is 477 g/mol. The number of hydrogen-bond donors (Lipinski definition) is 0. The molecule has 0 bridgehead atoms. The molecule has 3 heterocycles. The highest BCUT2D eigenvalue weighted by Gasteiger charge is 2.27. The molecule has 34 heavy (non-hydrogen) atoms. The molecule has 0 N–H and O–H groups in total. The lowest BCUT2D eigenvalue weighted by Crippen LogP contribution is -2.04. The Morgan fingerprint density at radius 1 is 1.12 bits per heavy atom. The average molecular weight is 494 g/mol. The van der Waals surface area contributed by atoms with Crippen LogP contribution >= 0.6 is 23.2 Å². The van der Waals surface area contributed by atoms with Crippen molar-refractivity contribution in [3.8, 4) is 17.3 Å². The van der Waals surface area contributed by atoms with Crippen LogP contribution in [0.4, 0.5) is 0 Å². The minimum absolute atomic E-state index is 0.182. The van der Waals surface area contributed by atoms with Gasteiger partial charge in [-0.3, -0.25) is 4.79 Å². The summed E-state index contributed by atoms with van der Waals surface area (Å²) in [4.78, 5) is 25.7. The van der Waals surface area contributed by atoms with Crippen LogP contribution in [-0.2, 0) is 6.54 Å². The lowest BCUT2D eigenvalue weighted by molar-refractivity contribution is 0.0995. The van der Waals surface area contributed by atoms with Gasteiger partial charge in [0.25, 0.3) is 11.7 Å². The van der Waals surface area contributed by atoms with Crippen molar-refractivity contribution >= 4 is 39.9 Å². The highest BCUT2D eigenvalue weighted by atomic mass is 35.5. The maximum atomic E-state index is 13.5. The Morgan fingerprint density at radius 2 is 1.94 bits per heavy atom. The summed E-state index contributed by atoms with van der Waals surface area (Å²) in [6.07, 6.45) is 2.92. The molecule has 3 aromatic heterocycles. The van der Waals surface area contributed by atoms with Crippen molar-refractivity contribution < 1.29 is 14.1 Å². The second-order valence-corrected chi connectivity index (χ2v) is 8.13. The van der Waals surface area contributed by atoms with Crippen molar-refractivity contribution in [2.75, 3.05) is 6.61 Å². The van der Waals surface area contributed by atoms with Crippen LogP contribution in [0.5, 0.6) is 5.75 Å². The number of halogens is 2. The number of aromatic nitrogens is 5. The van der Waals surface area contributed by atoms with Gasteiger partial charge in [0.1, 0.15) is 22.9 Å². The fraction of sp³-hybridized carbons (Fsp3) is 0.125. The first-order valence-corrected chi connectivity index (χ1v) is 11.1. The van der Waals surface area contributed by atoms with Crippen LogP contribution in [0.2, 0.25) is 10.2 Å². The van der Waals surface area contributed by atoms with E-state index >= 15 is 0 Å². The Morgan fingerprint density at radius 3 is 2.68 bits per heavy atom. The van der Waals surface area contributed by atoms with Gasteiger partial charge in [-0.2, -0.15) is 4.98 Å². The summed E-state index contributed by atoms with van der Waals surface area (Å²) in [5, 5.41) is 5.40. The van der Waals surface area contributed by atoms with E-state index < -0.39 is 5.78 Å². The number of hydrogen-bond acceptors (Lipinski definition) is 7. The zero-order valence-corrected chi connectivity index (χ0v) is 19.4. The number of ketones is 1. The Kier molecular flexibility index (Phi) is 6.00. The molecule has 0 aliphatic carbocycles. The SMILES string of the molecule is CCOc1ccc2c(c1)c(C(=O)c1nc(-c3ccncn3)no1)c(Cl)n2Cc1ccc(Cl)cc1. The third-order valence-corrected chi connectivity index (χ3v) is 5.84. The van der Waals surface area contributed by atoms with Gasteiger partial charge in [0.2, 0.25) is 5.82 Å². The van der Waals surface area contributed by atoms with E-state index in [1.807, 2.05) is 47.9 Å². The van der Waals surface area contributed by atoms with Crippen molar-refractivity contribution in [1.29, 1.82) is 0 Å². The zero-order valence-electron chi connectivity index (χ0n) is 17.9. The van der Waals surface area contributed by atoms with E-state index in [4.69, 9.17) is 32.5 Å². The Hall–Kier alpha value is -3.75. The lowest BCUT2D eigenvalue weighted by atomic mass is 10.1. The molecule has 0 aliphatic rings. The van der Waals surface area contributed by atoms with Crippen LogP contribution in [-0.4, -0.2) is 37.1 Å². The predicted octanol–water partition coefficient (Wildman–Crippen LogP) is 5.47. The minimum Gasteiger partial charge on any atom is -0.494 e. The number of rotatable bonds is 7. The van der Waals surface area contributed by atoms with E-state index in [0.717, 1.165) is 11.1 Å². The second kappa shape index (κ2) is 9.24. The van der Waals surface area contributed by atoms with Crippen LogP contribution in [0.15, 0.2) is 65.6 Å². The first-order valence-electron chi connectivity index (χ1n) is 10.4. The predicted molar refractivity (Wildman–Crippen MR) is 127 cm³/mol. The quantitative estimate of drug-likeness (QED) is 0.277. The third-order valence-electron chi connectivity index (χ3n) is 5.19. The lowest BCUT2D eigenvalue weighted by Gasteiger charge is -2.08. The zero-order chi connectivity index (χ0) is 23.7. The number of benzene rings is 2. The minimum atomic E-state index is -0.494. The fourth-order valence-corrected chi connectivity index (χ4v) is 4.12. The van der Waals surface area contributed by atoms with Crippen molar-refractivity contribution in [3.63, 3.8) is 0 Å². The molecular formula is C24H17Cl2N5O3. The summed E-state index contributed by atoms with van der Waals surface area (Å²) in [5.41, 5.74) is 2.43. The van der Waals surface area contributed by atoms with Crippen molar-refractivity contribution in [2.24, 2.45) is 0 Å². The monoisotopic (exact) mass is 493 g/mol. The van der Waals surface area contributed by atoms with Gasteiger partial charge in [0.15, 0.2) is 0 Å². The van der Waals surface area contributed by atoms with E-state index in [1.165, 1.54) is 6.33 Å². The topological polar surface area (TPSA) is 95.9 Å². The van der Waals surface area contributed by atoms with E-state index in [1.54, 1.807) is 18.3 Å². The van der Waals surface area contributed by atoms with Crippen LogP contribution < -0.4 is 4.74 Å². The highest BCUT2D eigenvalue weighted by Crippen LogP contribution is 2.35. The summed E-state index contributed by atoms with van der Waals surface area (Å²) in [6.45, 7) is 2.81.